The summed E-state index contributed by atoms with van der Waals surface area (Å²) in [6, 6.07) is 5.79. The van der Waals surface area contributed by atoms with Crippen molar-refractivity contribution in [3.63, 3.8) is 0 Å². The van der Waals surface area contributed by atoms with Crippen molar-refractivity contribution in [1.82, 2.24) is 9.78 Å². The molecule has 0 bridgehead atoms. The maximum atomic E-state index is 12.7. The Morgan fingerprint density at radius 1 is 1.38 bits per heavy atom. The van der Waals surface area contributed by atoms with Gasteiger partial charge < -0.3 is 4.90 Å². The molecule has 4 nitrogen and oxygen atoms in total. The van der Waals surface area contributed by atoms with E-state index >= 15 is 0 Å². The number of fused-ring (bicyclic) bond motifs is 1. The van der Waals surface area contributed by atoms with Gasteiger partial charge in [-0.05, 0) is 31.2 Å². The van der Waals surface area contributed by atoms with Gasteiger partial charge in [0.25, 0.3) is 12.3 Å². The van der Waals surface area contributed by atoms with Crippen LogP contribution in [0, 0.1) is 0 Å². The van der Waals surface area contributed by atoms with Gasteiger partial charge in [-0.3, -0.25) is 9.48 Å². The highest BCUT2D eigenvalue weighted by Gasteiger charge is 2.30. The molecule has 110 valence electrons. The highest BCUT2D eigenvalue weighted by Crippen LogP contribution is 2.32. The molecule has 0 radical (unpaired) electrons. The molecule has 2 aromatic rings. The lowest BCUT2D eigenvalue weighted by atomic mass is 10.1. The summed E-state index contributed by atoms with van der Waals surface area (Å²) in [5, 5.41) is 4.08. The summed E-state index contributed by atoms with van der Waals surface area (Å²) in [4.78, 5) is 14.0. The largest absolute Gasteiger partial charge is 0.305 e. The first-order valence-corrected chi connectivity index (χ1v) is 6.80. The number of nitrogens with zero attached hydrogens (tertiary/aromatic N) is 3. The third-order valence-corrected chi connectivity index (χ3v) is 3.86. The van der Waals surface area contributed by atoms with Gasteiger partial charge in [0.15, 0.2) is 0 Å². The van der Waals surface area contributed by atoms with E-state index in [0.29, 0.717) is 17.9 Å². The van der Waals surface area contributed by atoms with E-state index < -0.39 is 6.43 Å². The van der Waals surface area contributed by atoms with Crippen LogP contribution in [0.15, 0.2) is 30.5 Å². The number of benzene rings is 1. The van der Waals surface area contributed by atoms with Crippen LogP contribution in [0.5, 0.6) is 0 Å². The van der Waals surface area contributed by atoms with Gasteiger partial charge in [-0.15, -0.1) is 0 Å². The van der Waals surface area contributed by atoms with Crippen LogP contribution in [0.25, 0.3) is 0 Å². The number of halogens is 3. The van der Waals surface area contributed by atoms with Crippen LogP contribution in [0.3, 0.4) is 0 Å². The van der Waals surface area contributed by atoms with E-state index in [1.165, 1.54) is 23.1 Å². The molecule has 0 N–H and O–H groups in total. The van der Waals surface area contributed by atoms with Crippen LogP contribution in [-0.4, -0.2) is 22.2 Å². The second kappa shape index (κ2) is 5.11. The molecule has 0 unspecified atom stereocenters. The zero-order chi connectivity index (χ0) is 15.1. The van der Waals surface area contributed by atoms with E-state index in [0.717, 1.165) is 0 Å². The summed E-state index contributed by atoms with van der Waals surface area (Å²) in [5.41, 5.74) is 0.750. The molecule has 2 heterocycles. The van der Waals surface area contributed by atoms with E-state index in [9.17, 15) is 13.6 Å². The minimum atomic E-state index is -2.64. The quantitative estimate of drug-likeness (QED) is 0.848. The number of hydrogen-bond acceptors (Lipinski definition) is 2. The topological polar surface area (TPSA) is 38.1 Å². The zero-order valence-corrected chi connectivity index (χ0v) is 11.9. The van der Waals surface area contributed by atoms with E-state index in [1.807, 2.05) is 6.92 Å². The van der Waals surface area contributed by atoms with E-state index in [2.05, 4.69) is 5.10 Å². The van der Waals surface area contributed by atoms with Crippen LogP contribution < -0.4 is 4.90 Å². The van der Waals surface area contributed by atoms with Gasteiger partial charge in [-0.2, -0.15) is 5.10 Å². The monoisotopic (exact) mass is 311 g/mol. The fourth-order valence-electron chi connectivity index (χ4n) is 2.48. The Morgan fingerprint density at radius 2 is 2.14 bits per heavy atom. The number of hydrogen-bond donors (Lipinski definition) is 0. The molecule has 0 saturated heterocycles. The molecule has 1 atom stereocenters. The van der Waals surface area contributed by atoms with Gasteiger partial charge in [0.2, 0.25) is 0 Å². The number of rotatable bonds is 2. The van der Waals surface area contributed by atoms with E-state index in [1.54, 1.807) is 16.9 Å². The zero-order valence-electron chi connectivity index (χ0n) is 11.1. The number of aromatic nitrogens is 2. The van der Waals surface area contributed by atoms with E-state index in [-0.39, 0.29) is 22.5 Å². The van der Waals surface area contributed by atoms with Crippen molar-refractivity contribution >= 4 is 23.2 Å². The Bertz CT molecular complexity index is 701. The summed E-state index contributed by atoms with van der Waals surface area (Å²) >= 11 is 5.87. The smallest absolute Gasteiger partial charge is 0.276 e. The van der Waals surface area contributed by atoms with Crippen molar-refractivity contribution < 1.29 is 13.6 Å². The van der Waals surface area contributed by atoms with Gasteiger partial charge in [-0.25, -0.2) is 8.78 Å². The Labute approximate surface area is 124 Å². The Balaban J connectivity index is 1.99. The highest BCUT2D eigenvalue weighted by atomic mass is 35.5. The lowest BCUT2D eigenvalue weighted by Gasteiger charge is -2.32. The second-order valence-electron chi connectivity index (χ2n) is 4.93. The molecule has 3 rings (SSSR count). The third kappa shape index (κ3) is 2.29. The summed E-state index contributed by atoms with van der Waals surface area (Å²) < 4.78 is 27.1. The first-order valence-electron chi connectivity index (χ1n) is 6.42. The fraction of sp³-hybridized carbons (Fsp3) is 0.286. The predicted molar refractivity (Wildman–Crippen MR) is 75.0 cm³/mol. The number of carbonyl (C=O) groups excluding carboxylic acids is 1. The minimum absolute atomic E-state index is 0.00116. The molecule has 0 spiro atoms. The van der Waals surface area contributed by atoms with Crippen LogP contribution in [-0.2, 0) is 0 Å². The van der Waals surface area contributed by atoms with Crippen molar-refractivity contribution in [1.29, 1.82) is 0 Å². The lowest BCUT2D eigenvalue weighted by Crippen LogP contribution is -2.42. The Hall–Kier alpha value is -1.95. The third-order valence-electron chi connectivity index (χ3n) is 3.53. The molecule has 1 aromatic heterocycles. The van der Waals surface area contributed by atoms with E-state index in [4.69, 9.17) is 11.6 Å². The number of anilines is 1. The van der Waals surface area contributed by atoms with Gasteiger partial charge in [-0.1, -0.05) is 11.6 Å². The molecule has 21 heavy (non-hydrogen) atoms. The molecule has 0 aliphatic carbocycles. The van der Waals surface area contributed by atoms with Crippen LogP contribution in [0.2, 0.25) is 5.02 Å². The van der Waals surface area contributed by atoms with Gasteiger partial charge >= 0.3 is 0 Å². The van der Waals surface area contributed by atoms with Crippen molar-refractivity contribution in [3.8, 4) is 0 Å². The standard InChI is InChI=1S/C14H12ClF2N3O/c1-8-7-19(14(21)12-4-5-18-20(8)12)9-2-3-10(13(16)17)11(15)6-9/h2-6,8,13H,7H2,1H3/t8-/m0/s1. The summed E-state index contributed by atoms with van der Waals surface area (Å²) in [7, 11) is 0. The maximum Gasteiger partial charge on any atom is 0.276 e. The van der Waals surface area contributed by atoms with Gasteiger partial charge in [0.05, 0.1) is 11.1 Å². The van der Waals surface area contributed by atoms with Crippen molar-refractivity contribution in [2.75, 3.05) is 11.4 Å². The van der Waals surface area contributed by atoms with Crippen molar-refractivity contribution in [2.24, 2.45) is 0 Å². The summed E-state index contributed by atoms with van der Waals surface area (Å²) in [6.07, 6.45) is -1.07. The maximum absolute atomic E-state index is 12.7. The number of amides is 1. The van der Waals surface area contributed by atoms with Gasteiger partial charge in [0.1, 0.15) is 5.69 Å². The molecular weight excluding hydrogens is 300 g/mol. The molecule has 0 fully saturated rings. The van der Waals surface area contributed by atoms with Crippen molar-refractivity contribution in [3.05, 3.63) is 46.7 Å². The first kappa shape index (κ1) is 14.0. The molecule has 1 aliphatic heterocycles. The average molecular weight is 312 g/mol. The fourth-order valence-corrected chi connectivity index (χ4v) is 2.74. The van der Waals surface area contributed by atoms with Gasteiger partial charge in [0, 0.05) is 24.0 Å². The second-order valence-corrected chi connectivity index (χ2v) is 5.34. The summed E-state index contributed by atoms with van der Waals surface area (Å²) in [5.74, 6) is -0.216. The number of carbonyl (C=O) groups is 1. The number of alkyl halides is 2. The SMILES string of the molecule is C[C@H]1CN(c2ccc(C(F)F)c(Cl)c2)C(=O)c2ccnn21. The highest BCUT2D eigenvalue weighted by molar-refractivity contribution is 6.31. The average Bonchev–Trinajstić information content (AvgIpc) is 2.92. The molecule has 1 amide bonds. The lowest BCUT2D eigenvalue weighted by molar-refractivity contribution is 0.0953. The van der Waals surface area contributed by atoms with Crippen LogP contribution >= 0.6 is 11.6 Å². The summed E-state index contributed by atoms with van der Waals surface area (Å²) in [6.45, 7) is 2.35. The molecule has 1 aromatic carbocycles. The Kier molecular flexibility index (Phi) is 3.41. The first-order chi connectivity index (χ1) is 9.99. The normalized spacial score (nSPS) is 18.2. The molecule has 7 heteroatoms. The molecule has 1 aliphatic rings. The molecule has 0 saturated carbocycles. The van der Waals surface area contributed by atoms with Crippen LogP contribution in [0.4, 0.5) is 14.5 Å². The van der Waals surface area contributed by atoms with Crippen molar-refractivity contribution in [2.45, 2.75) is 19.4 Å². The predicted octanol–water partition coefficient (Wildman–Crippen LogP) is 3.70. The Morgan fingerprint density at radius 3 is 2.81 bits per heavy atom. The molecular formula is C14H12ClF2N3O. The van der Waals surface area contributed by atoms with Crippen LogP contribution in [0.1, 0.15) is 35.4 Å². The minimum Gasteiger partial charge on any atom is -0.305 e.